The minimum Gasteiger partial charge on any atom is -0.497 e. The van der Waals surface area contributed by atoms with E-state index in [1.165, 1.54) is 22.1 Å². The Kier molecular flexibility index (Phi) is 14.4. The van der Waals surface area contributed by atoms with Crippen molar-refractivity contribution in [1.82, 2.24) is 28.5 Å². The fourth-order valence-corrected chi connectivity index (χ4v) is 12.8. The number of nitrogens with one attached hydrogen (secondary N) is 2. The van der Waals surface area contributed by atoms with Crippen molar-refractivity contribution in [2.75, 3.05) is 45.8 Å². The second-order valence-corrected chi connectivity index (χ2v) is 19.8. The highest BCUT2D eigenvalue weighted by atomic mass is 32.2. The van der Waals surface area contributed by atoms with Gasteiger partial charge in [0.15, 0.2) is 22.6 Å². The maximum absolute atomic E-state index is 15.2. The summed E-state index contributed by atoms with van der Waals surface area (Å²) in [6, 6.07) is 26.6. The Bertz CT molecular complexity index is 2600. The molecule has 18 nitrogen and oxygen atoms in total. The van der Waals surface area contributed by atoms with Crippen LogP contribution in [0.3, 0.4) is 0 Å². The van der Waals surface area contributed by atoms with Crippen LogP contribution >= 0.6 is 8.53 Å². The van der Waals surface area contributed by atoms with Crippen LogP contribution < -0.4 is 20.3 Å². The molecule has 1 unspecified atom stereocenters. The molecule has 0 spiro atoms. The van der Waals surface area contributed by atoms with Gasteiger partial charge < -0.3 is 28.0 Å². The average molecular weight is 931 g/mol. The second-order valence-electron chi connectivity index (χ2n) is 16.3. The zero-order valence-corrected chi connectivity index (χ0v) is 39.3. The number of nitrogens with zero attached hydrogens (tertiary/aromatic N) is 6. The Morgan fingerprint density at radius 3 is 2.15 bits per heavy atom. The maximum atomic E-state index is 15.2. The molecule has 5 aromatic rings. The van der Waals surface area contributed by atoms with Crippen LogP contribution in [0.4, 0.5) is 5.95 Å². The number of carbonyl (C=O) groups excluding carboxylic acids is 1. The van der Waals surface area contributed by atoms with Crippen LogP contribution in [0.25, 0.3) is 11.2 Å². The quantitative estimate of drug-likeness (QED) is 0.0547. The van der Waals surface area contributed by atoms with Crippen LogP contribution in [0.5, 0.6) is 11.5 Å². The van der Waals surface area contributed by atoms with E-state index in [1.54, 1.807) is 21.1 Å². The standard InChI is InChI=1S/C45H55N8O10PS/c1-9-51-26-44(27-60-45(32-14-11-10-12-15-32,33-16-20-35(58-7)21-17-33)34-18-22-36(59-8)23-19-34)39(63-64(61-25-13-24-46)53(29(2)3)30(4)5)38(65(51,56)57)42(62-44)52-28-47-37-40(52)49-43(48-31(6)54)50-41(37)55/h10-12,14-23,28-30,38-39,42H,9,13,25-27H2,1-8H3,(H2,48,49,50,54,55)/t38-,39+,42-,44-,64?/m1/s1. The minimum atomic E-state index is -4.30. The molecule has 0 radical (unpaired) electrons. The van der Waals surface area contributed by atoms with Crippen LogP contribution in [0, 0.1) is 11.3 Å². The Morgan fingerprint density at radius 2 is 1.62 bits per heavy atom. The van der Waals surface area contributed by atoms with Gasteiger partial charge >= 0.3 is 0 Å². The summed E-state index contributed by atoms with van der Waals surface area (Å²) in [6.07, 6.45) is -1.32. The van der Waals surface area contributed by atoms with E-state index in [4.69, 9.17) is 28.0 Å². The first-order valence-electron chi connectivity index (χ1n) is 21.3. The summed E-state index contributed by atoms with van der Waals surface area (Å²) < 4.78 is 74.6. The maximum Gasteiger partial charge on any atom is 0.280 e. The monoisotopic (exact) mass is 930 g/mol. The lowest BCUT2D eigenvalue weighted by Gasteiger charge is -2.47. The molecule has 4 heterocycles. The van der Waals surface area contributed by atoms with Gasteiger partial charge in [-0.3, -0.25) is 24.5 Å². The number of carbonyl (C=O) groups is 1. The number of likely N-dealkylation sites (N-methyl/N-ethyl adjacent to an activating group) is 1. The lowest BCUT2D eigenvalue weighted by Crippen LogP contribution is -2.64. The molecule has 2 N–H and O–H groups in total. The van der Waals surface area contributed by atoms with Gasteiger partial charge in [0.1, 0.15) is 28.8 Å². The molecule has 3 aromatic carbocycles. The van der Waals surface area contributed by atoms with E-state index < -0.39 is 58.8 Å². The zero-order chi connectivity index (χ0) is 46.7. The number of nitriles is 1. The summed E-state index contributed by atoms with van der Waals surface area (Å²) in [5.41, 5.74) is -1.53. The van der Waals surface area contributed by atoms with Crippen LogP contribution in [0.15, 0.2) is 90.0 Å². The third-order valence-electron chi connectivity index (χ3n) is 11.5. The lowest BCUT2D eigenvalue weighted by molar-refractivity contribution is -0.160. The summed E-state index contributed by atoms with van der Waals surface area (Å²) in [7, 11) is -3.18. The highest BCUT2D eigenvalue weighted by Crippen LogP contribution is 2.57. The van der Waals surface area contributed by atoms with Crippen molar-refractivity contribution < 1.29 is 41.2 Å². The molecule has 2 fully saturated rings. The summed E-state index contributed by atoms with van der Waals surface area (Å²) in [6.45, 7) is 10.6. The molecule has 65 heavy (non-hydrogen) atoms. The van der Waals surface area contributed by atoms with Crippen molar-refractivity contribution in [3.63, 3.8) is 0 Å². The number of rotatable bonds is 19. The molecule has 0 aliphatic carbocycles. The summed E-state index contributed by atoms with van der Waals surface area (Å²) >= 11 is 0. The summed E-state index contributed by atoms with van der Waals surface area (Å²) in [5, 5.41) is 10.6. The first-order valence-corrected chi connectivity index (χ1v) is 23.9. The van der Waals surface area contributed by atoms with Crippen LogP contribution in [-0.4, -0.2) is 112 Å². The van der Waals surface area contributed by atoms with Crippen molar-refractivity contribution in [1.29, 1.82) is 5.26 Å². The fraction of sp³-hybridized carbons (Fsp3) is 0.444. The third-order valence-corrected chi connectivity index (χ3v) is 15.9. The number of aromatic amines is 1. The van der Waals surface area contributed by atoms with Gasteiger partial charge in [-0.05, 0) is 68.7 Å². The Hall–Kier alpha value is -5.29. The molecule has 7 rings (SSSR count). The van der Waals surface area contributed by atoms with Gasteiger partial charge in [-0.15, -0.1) is 0 Å². The van der Waals surface area contributed by atoms with E-state index in [9.17, 15) is 14.9 Å². The number of H-pyrrole nitrogens is 1. The molecule has 1 amide bonds. The van der Waals surface area contributed by atoms with Crippen molar-refractivity contribution in [2.24, 2.45) is 0 Å². The summed E-state index contributed by atoms with van der Waals surface area (Å²) in [5.74, 6) is 0.610. The molecule has 20 heteroatoms. The molecular formula is C45H55N8O10PS. The predicted molar refractivity (Wildman–Crippen MR) is 244 cm³/mol. The average Bonchev–Trinajstić information content (AvgIpc) is 3.83. The van der Waals surface area contributed by atoms with E-state index in [0.29, 0.717) is 11.5 Å². The zero-order valence-electron chi connectivity index (χ0n) is 37.6. The normalized spacial score (nSPS) is 21.2. The van der Waals surface area contributed by atoms with Gasteiger partial charge in [-0.25, -0.2) is 18.1 Å². The number of methoxy groups -OCH3 is 2. The summed E-state index contributed by atoms with van der Waals surface area (Å²) in [4.78, 5) is 36.9. The molecule has 2 saturated heterocycles. The molecular weight excluding hydrogens is 876 g/mol. The van der Waals surface area contributed by atoms with Gasteiger partial charge in [-0.1, -0.05) is 61.5 Å². The highest BCUT2D eigenvalue weighted by molar-refractivity contribution is 7.89. The van der Waals surface area contributed by atoms with Crippen LogP contribution in [0.1, 0.15) is 70.9 Å². The molecule has 346 valence electrons. The van der Waals surface area contributed by atoms with E-state index in [2.05, 4.69) is 26.3 Å². The molecule has 2 aliphatic heterocycles. The Labute approximate surface area is 379 Å². The van der Waals surface area contributed by atoms with Crippen molar-refractivity contribution in [3.05, 3.63) is 112 Å². The van der Waals surface area contributed by atoms with Gasteiger partial charge in [0.05, 0.1) is 46.3 Å². The third kappa shape index (κ3) is 9.14. The van der Waals surface area contributed by atoms with Gasteiger partial charge in [-0.2, -0.15) is 14.6 Å². The van der Waals surface area contributed by atoms with Crippen molar-refractivity contribution in [3.8, 4) is 17.6 Å². The first kappa shape index (κ1) is 47.7. The van der Waals surface area contributed by atoms with Crippen LogP contribution in [0.2, 0.25) is 0 Å². The largest absolute Gasteiger partial charge is 0.497 e. The number of aromatic nitrogens is 4. The smallest absolute Gasteiger partial charge is 0.280 e. The number of hydrogen-bond acceptors (Lipinski definition) is 14. The molecule has 0 saturated carbocycles. The van der Waals surface area contributed by atoms with Crippen LogP contribution in [-0.2, 0) is 38.9 Å². The number of sulfonamides is 1. The predicted octanol–water partition coefficient (Wildman–Crippen LogP) is 6.07. The number of hydrogen-bond donors (Lipinski definition) is 2. The number of fused-ring (bicyclic) bond motifs is 3. The second kappa shape index (κ2) is 19.7. The number of amides is 1. The molecule has 2 bridgehead atoms. The van der Waals surface area contributed by atoms with E-state index in [0.717, 1.165) is 16.7 Å². The van der Waals surface area contributed by atoms with Crippen molar-refractivity contribution >= 4 is 41.6 Å². The number of ether oxygens (including phenoxy) is 4. The number of anilines is 1. The molecule has 2 aliphatic rings. The minimum absolute atomic E-state index is 0.0218. The topological polar surface area (TPSA) is 212 Å². The Morgan fingerprint density at radius 1 is 1.02 bits per heavy atom. The van der Waals surface area contributed by atoms with Crippen molar-refractivity contribution in [2.45, 2.75) is 88.8 Å². The van der Waals surface area contributed by atoms with E-state index in [1.807, 2.05) is 111 Å². The molecule has 2 aromatic heterocycles. The molecule has 5 atom stereocenters. The first-order chi connectivity index (χ1) is 31.1. The van der Waals surface area contributed by atoms with Gasteiger partial charge in [0.25, 0.3) is 14.1 Å². The van der Waals surface area contributed by atoms with Gasteiger partial charge in [0.2, 0.25) is 21.9 Å². The number of benzene rings is 3. The van der Waals surface area contributed by atoms with E-state index in [-0.39, 0.29) is 61.9 Å². The Balaban J connectivity index is 1.47. The number of imidazole rings is 1. The lowest BCUT2D eigenvalue weighted by atomic mass is 9.79. The highest BCUT2D eigenvalue weighted by Gasteiger charge is 2.68. The van der Waals surface area contributed by atoms with Gasteiger partial charge in [0, 0.05) is 32.1 Å². The van der Waals surface area contributed by atoms with E-state index >= 15 is 8.42 Å². The SMILES string of the molecule is CCN1C[C@]2(COC(c3ccccc3)(c3ccc(OC)cc3)c3ccc(OC)cc3)O[C@@H](n3cnc4c(=O)[nH]c(NC(C)=O)nc43)[C@@H]([C@@H]2OP(OCCC#N)N(C(C)C)C(C)C)S1(=O)=O. The fourth-order valence-electron chi connectivity index (χ4n) is 8.67.